The van der Waals surface area contributed by atoms with Crippen molar-refractivity contribution in [2.75, 3.05) is 20.8 Å². The number of benzene rings is 2. The molecular weight excluding hydrogens is 330 g/mol. The average molecular weight is 355 g/mol. The Morgan fingerprint density at radius 2 is 1.77 bits per heavy atom. The second-order valence-corrected chi connectivity index (χ2v) is 6.39. The van der Waals surface area contributed by atoms with E-state index in [2.05, 4.69) is 0 Å². The summed E-state index contributed by atoms with van der Waals surface area (Å²) in [6, 6.07) is 17.5. The summed E-state index contributed by atoms with van der Waals surface area (Å²) >= 11 is 0. The van der Waals surface area contributed by atoms with E-state index in [-0.39, 0.29) is 24.8 Å². The van der Waals surface area contributed by atoms with Crippen LogP contribution < -0.4 is 4.74 Å². The van der Waals surface area contributed by atoms with Crippen molar-refractivity contribution in [2.45, 2.75) is 31.5 Å². The molecule has 0 radical (unpaired) electrons. The minimum atomic E-state index is -0.315. The predicted octanol–water partition coefficient (Wildman–Crippen LogP) is 4.18. The molecule has 1 amide bonds. The molecule has 1 saturated heterocycles. The number of hydrogen-bond donors (Lipinski definition) is 0. The van der Waals surface area contributed by atoms with Crippen molar-refractivity contribution in [3.8, 4) is 5.75 Å². The molecule has 1 aliphatic rings. The van der Waals surface area contributed by atoms with Gasteiger partial charge in [0.1, 0.15) is 12.4 Å². The maximum absolute atomic E-state index is 12.9. The van der Waals surface area contributed by atoms with Gasteiger partial charge in [-0.15, -0.1) is 0 Å². The molecule has 1 aliphatic heterocycles. The van der Waals surface area contributed by atoms with Gasteiger partial charge in [0.2, 0.25) is 0 Å². The standard InChI is InChI=1S/C21H25NO4/c1-24-15-17-12-13-19(18-10-6-7-11-20(18)25-2)22(17)21(23)26-14-16-8-4-3-5-9-16/h3-11,17,19H,12-15H2,1-2H3. The predicted molar refractivity (Wildman–Crippen MR) is 99.1 cm³/mol. The van der Waals surface area contributed by atoms with Crippen molar-refractivity contribution in [1.82, 2.24) is 4.90 Å². The smallest absolute Gasteiger partial charge is 0.410 e. The van der Waals surface area contributed by atoms with Crippen LogP contribution in [-0.4, -0.2) is 37.9 Å². The van der Waals surface area contributed by atoms with Gasteiger partial charge in [0.15, 0.2) is 0 Å². The largest absolute Gasteiger partial charge is 0.496 e. The monoisotopic (exact) mass is 355 g/mol. The molecule has 138 valence electrons. The molecule has 26 heavy (non-hydrogen) atoms. The van der Waals surface area contributed by atoms with Crippen LogP contribution in [0.1, 0.15) is 30.0 Å². The summed E-state index contributed by atoms with van der Waals surface area (Å²) in [4.78, 5) is 14.7. The first-order valence-electron chi connectivity index (χ1n) is 8.85. The molecule has 0 N–H and O–H groups in total. The number of nitrogens with zero attached hydrogens (tertiary/aromatic N) is 1. The fraction of sp³-hybridized carbons (Fsp3) is 0.381. The molecule has 2 aromatic rings. The molecule has 0 bridgehead atoms. The third-order valence-electron chi connectivity index (χ3n) is 4.78. The number of rotatable bonds is 6. The number of para-hydroxylation sites is 1. The van der Waals surface area contributed by atoms with Crippen LogP contribution in [0.2, 0.25) is 0 Å². The van der Waals surface area contributed by atoms with Crippen LogP contribution in [0.5, 0.6) is 5.75 Å². The van der Waals surface area contributed by atoms with Crippen LogP contribution in [-0.2, 0) is 16.1 Å². The highest BCUT2D eigenvalue weighted by molar-refractivity contribution is 5.69. The van der Waals surface area contributed by atoms with Crippen LogP contribution >= 0.6 is 0 Å². The Labute approximate surface area is 154 Å². The zero-order valence-electron chi connectivity index (χ0n) is 15.3. The number of ether oxygens (including phenoxy) is 3. The van der Waals surface area contributed by atoms with Crippen molar-refractivity contribution in [3.63, 3.8) is 0 Å². The quantitative estimate of drug-likeness (QED) is 0.780. The molecule has 5 nitrogen and oxygen atoms in total. The highest BCUT2D eigenvalue weighted by Crippen LogP contribution is 2.40. The van der Waals surface area contributed by atoms with Crippen LogP contribution in [0.3, 0.4) is 0 Å². The van der Waals surface area contributed by atoms with E-state index in [4.69, 9.17) is 14.2 Å². The molecule has 2 unspecified atom stereocenters. The number of amides is 1. The minimum absolute atomic E-state index is 0.00168. The lowest BCUT2D eigenvalue weighted by Gasteiger charge is -2.30. The van der Waals surface area contributed by atoms with Crippen LogP contribution in [0.4, 0.5) is 4.79 Å². The van der Waals surface area contributed by atoms with Crippen molar-refractivity contribution >= 4 is 6.09 Å². The maximum atomic E-state index is 12.9. The molecule has 2 aromatic carbocycles. The van der Waals surface area contributed by atoms with E-state index in [1.807, 2.05) is 59.5 Å². The molecule has 3 rings (SSSR count). The summed E-state index contributed by atoms with van der Waals surface area (Å²) in [5.41, 5.74) is 1.97. The van der Waals surface area contributed by atoms with E-state index < -0.39 is 0 Å². The van der Waals surface area contributed by atoms with Crippen molar-refractivity contribution in [2.24, 2.45) is 0 Å². The molecule has 1 heterocycles. The Balaban J connectivity index is 1.79. The number of carbonyl (C=O) groups excluding carboxylic acids is 1. The Bertz CT molecular complexity index is 719. The van der Waals surface area contributed by atoms with Gasteiger partial charge < -0.3 is 14.2 Å². The van der Waals surface area contributed by atoms with Crippen molar-refractivity contribution < 1.29 is 19.0 Å². The summed E-state index contributed by atoms with van der Waals surface area (Å²) in [6.07, 6.45) is 1.41. The van der Waals surface area contributed by atoms with E-state index in [0.29, 0.717) is 6.61 Å². The van der Waals surface area contributed by atoms with E-state index in [9.17, 15) is 4.79 Å². The molecule has 5 heteroatoms. The molecule has 1 fully saturated rings. The first-order valence-corrected chi connectivity index (χ1v) is 8.85. The molecule has 2 atom stereocenters. The molecular formula is C21H25NO4. The second-order valence-electron chi connectivity index (χ2n) is 6.39. The first kappa shape index (κ1) is 18.3. The van der Waals surface area contributed by atoms with Crippen LogP contribution in [0.15, 0.2) is 54.6 Å². The molecule has 0 aromatic heterocycles. The lowest BCUT2D eigenvalue weighted by atomic mass is 10.0. The fourth-order valence-corrected chi connectivity index (χ4v) is 3.56. The van der Waals surface area contributed by atoms with Gasteiger partial charge in [-0.1, -0.05) is 48.5 Å². The average Bonchev–Trinajstić information content (AvgIpc) is 3.10. The summed E-state index contributed by atoms with van der Waals surface area (Å²) in [5.74, 6) is 0.788. The SMILES string of the molecule is COCC1CCC(c2ccccc2OC)N1C(=O)OCc1ccccc1. The van der Waals surface area contributed by atoms with Gasteiger partial charge in [0.05, 0.1) is 25.8 Å². The summed E-state index contributed by atoms with van der Waals surface area (Å²) in [5, 5.41) is 0. The lowest BCUT2D eigenvalue weighted by Crippen LogP contribution is -2.40. The third-order valence-corrected chi connectivity index (χ3v) is 4.78. The van der Waals surface area contributed by atoms with E-state index in [1.165, 1.54) is 0 Å². The van der Waals surface area contributed by atoms with Gasteiger partial charge in [0, 0.05) is 12.7 Å². The highest BCUT2D eigenvalue weighted by Gasteiger charge is 2.39. The van der Waals surface area contributed by atoms with E-state index in [0.717, 1.165) is 29.7 Å². The van der Waals surface area contributed by atoms with Gasteiger partial charge in [0.25, 0.3) is 0 Å². The van der Waals surface area contributed by atoms with Crippen molar-refractivity contribution in [1.29, 1.82) is 0 Å². The highest BCUT2D eigenvalue weighted by atomic mass is 16.6. The topological polar surface area (TPSA) is 48.0 Å². The van der Waals surface area contributed by atoms with Gasteiger partial charge in [-0.3, -0.25) is 4.90 Å². The molecule has 0 aliphatic carbocycles. The fourth-order valence-electron chi connectivity index (χ4n) is 3.56. The van der Waals surface area contributed by atoms with Gasteiger partial charge in [-0.2, -0.15) is 0 Å². The zero-order chi connectivity index (χ0) is 18.4. The molecule has 0 saturated carbocycles. The zero-order valence-corrected chi connectivity index (χ0v) is 15.3. The summed E-state index contributed by atoms with van der Waals surface area (Å²) < 4.78 is 16.4. The van der Waals surface area contributed by atoms with E-state index >= 15 is 0 Å². The Morgan fingerprint density at radius 1 is 1.04 bits per heavy atom. The Kier molecular flexibility index (Phi) is 6.12. The lowest BCUT2D eigenvalue weighted by molar-refractivity contribution is 0.0557. The van der Waals surface area contributed by atoms with E-state index in [1.54, 1.807) is 14.2 Å². The first-order chi connectivity index (χ1) is 12.7. The number of carbonyl (C=O) groups is 1. The van der Waals surface area contributed by atoms with Crippen LogP contribution in [0.25, 0.3) is 0 Å². The number of methoxy groups -OCH3 is 2. The maximum Gasteiger partial charge on any atom is 0.410 e. The van der Waals surface area contributed by atoms with Gasteiger partial charge in [-0.05, 0) is 24.5 Å². The normalized spacial score (nSPS) is 19.4. The number of hydrogen-bond acceptors (Lipinski definition) is 4. The summed E-state index contributed by atoms with van der Waals surface area (Å²) in [7, 11) is 3.31. The third kappa shape index (κ3) is 3.99. The Morgan fingerprint density at radius 3 is 2.50 bits per heavy atom. The Hall–Kier alpha value is -2.53. The molecule has 0 spiro atoms. The van der Waals surface area contributed by atoms with Crippen LogP contribution in [0, 0.1) is 0 Å². The minimum Gasteiger partial charge on any atom is -0.496 e. The second kappa shape index (κ2) is 8.72. The summed E-state index contributed by atoms with van der Waals surface area (Å²) in [6.45, 7) is 0.751. The number of likely N-dealkylation sites (tertiary alicyclic amines) is 1. The van der Waals surface area contributed by atoms with Gasteiger partial charge >= 0.3 is 6.09 Å². The van der Waals surface area contributed by atoms with Crippen molar-refractivity contribution in [3.05, 3.63) is 65.7 Å². The van der Waals surface area contributed by atoms with Gasteiger partial charge in [-0.25, -0.2) is 4.79 Å².